The summed E-state index contributed by atoms with van der Waals surface area (Å²) in [6, 6.07) is 10.7. The monoisotopic (exact) mass is 259 g/mol. The van der Waals surface area contributed by atoms with E-state index in [-0.39, 0.29) is 0 Å². The number of hydrogen-bond acceptors (Lipinski definition) is 4. The molecule has 1 saturated heterocycles. The summed E-state index contributed by atoms with van der Waals surface area (Å²) < 4.78 is 0. The minimum atomic E-state index is 0.992. The Morgan fingerprint density at radius 2 is 1.83 bits per heavy atom. The molecule has 0 N–H and O–H groups in total. The summed E-state index contributed by atoms with van der Waals surface area (Å²) in [7, 11) is 0. The van der Waals surface area contributed by atoms with Gasteiger partial charge in [-0.2, -0.15) is 0 Å². The van der Waals surface area contributed by atoms with Gasteiger partial charge in [0.1, 0.15) is 0 Å². The number of thiazole rings is 1. The van der Waals surface area contributed by atoms with Crippen LogP contribution in [-0.2, 0) is 6.54 Å². The number of piperazine rings is 1. The quantitative estimate of drug-likeness (QED) is 0.844. The number of hydrogen-bond donors (Lipinski definition) is 0. The fourth-order valence-electron chi connectivity index (χ4n) is 2.35. The third-order valence-electron chi connectivity index (χ3n) is 3.36. The van der Waals surface area contributed by atoms with E-state index in [1.165, 1.54) is 11.4 Å². The molecule has 18 heavy (non-hydrogen) atoms. The average molecular weight is 259 g/mol. The van der Waals surface area contributed by atoms with Crippen molar-refractivity contribution in [3.8, 4) is 0 Å². The maximum atomic E-state index is 4.35. The van der Waals surface area contributed by atoms with E-state index in [9.17, 15) is 0 Å². The maximum Gasteiger partial charge on any atom is 0.0795 e. The first kappa shape index (κ1) is 11.7. The van der Waals surface area contributed by atoms with E-state index in [1.807, 2.05) is 5.51 Å². The van der Waals surface area contributed by atoms with Crippen LogP contribution in [0.1, 0.15) is 5.69 Å². The van der Waals surface area contributed by atoms with Crippen LogP contribution in [0.25, 0.3) is 0 Å². The lowest BCUT2D eigenvalue weighted by molar-refractivity contribution is 0.247. The van der Waals surface area contributed by atoms with Crippen LogP contribution in [0.2, 0.25) is 0 Å². The zero-order valence-electron chi connectivity index (χ0n) is 10.3. The maximum absolute atomic E-state index is 4.35. The molecule has 0 atom stereocenters. The van der Waals surface area contributed by atoms with Crippen molar-refractivity contribution in [1.82, 2.24) is 9.88 Å². The third kappa shape index (κ3) is 2.71. The number of nitrogens with zero attached hydrogens (tertiary/aromatic N) is 3. The fourth-order valence-corrected chi connectivity index (χ4v) is 2.90. The van der Waals surface area contributed by atoms with Gasteiger partial charge in [-0.1, -0.05) is 18.2 Å². The largest absolute Gasteiger partial charge is 0.369 e. The lowest BCUT2D eigenvalue weighted by Gasteiger charge is -2.35. The Kier molecular flexibility index (Phi) is 3.57. The minimum absolute atomic E-state index is 0.992. The summed E-state index contributed by atoms with van der Waals surface area (Å²) in [6.45, 7) is 5.44. The van der Waals surface area contributed by atoms with Gasteiger partial charge in [0.15, 0.2) is 0 Å². The molecule has 4 heteroatoms. The third-order valence-corrected chi connectivity index (χ3v) is 4.00. The van der Waals surface area contributed by atoms with Gasteiger partial charge in [0, 0.05) is 43.8 Å². The lowest BCUT2D eigenvalue weighted by atomic mass is 10.2. The van der Waals surface area contributed by atoms with Gasteiger partial charge in [-0.05, 0) is 12.1 Å². The molecule has 0 saturated carbocycles. The van der Waals surface area contributed by atoms with Gasteiger partial charge >= 0.3 is 0 Å². The zero-order valence-corrected chi connectivity index (χ0v) is 11.1. The Balaban J connectivity index is 1.55. The van der Waals surface area contributed by atoms with Crippen molar-refractivity contribution in [3.63, 3.8) is 0 Å². The highest BCUT2D eigenvalue weighted by Crippen LogP contribution is 2.16. The Bertz CT molecular complexity index is 461. The summed E-state index contributed by atoms with van der Waals surface area (Å²) in [5.74, 6) is 0. The van der Waals surface area contributed by atoms with Crippen LogP contribution in [0.3, 0.4) is 0 Å². The summed E-state index contributed by atoms with van der Waals surface area (Å²) >= 11 is 1.68. The average Bonchev–Trinajstić information content (AvgIpc) is 2.94. The van der Waals surface area contributed by atoms with E-state index < -0.39 is 0 Å². The first-order valence-electron chi connectivity index (χ1n) is 6.31. The Hall–Kier alpha value is -1.39. The molecule has 3 rings (SSSR count). The van der Waals surface area contributed by atoms with Gasteiger partial charge in [0.2, 0.25) is 0 Å². The number of para-hydroxylation sites is 1. The summed E-state index contributed by atoms with van der Waals surface area (Å²) in [6.07, 6.45) is 0. The van der Waals surface area contributed by atoms with E-state index in [0.717, 1.165) is 32.7 Å². The highest BCUT2D eigenvalue weighted by Gasteiger charge is 2.17. The number of rotatable bonds is 3. The van der Waals surface area contributed by atoms with Crippen molar-refractivity contribution in [2.45, 2.75) is 6.54 Å². The molecule has 0 radical (unpaired) electrons. The molecule has 0 aliphatic carbocycles. The SMILES string of the molecule is c1ccc(N2CCN(Cc3cscn3)CC2)cc1. The number of anilines is 1. The highest BCUT2D eigenvalue weighted by atomic mass is 32.1. The molecular formula is C14H17N3S. The van der Waals surface area contributed by atoms with Gasteiger partial charge in [-0.25, -0.2) is 4.98 Å². The Morgan fingerprint density at radius 1 is 1.06 bits per heavy atom. The Labute approximate surface area is 112 Å². The molecule has 1 fully saturated rings. The Morgan fingerprint density at radius 3 is 2.50 bits per heavy atom. The molecule has 94 valence electrons. The van der Waals surface area contributed by atoms with Crippen LogP contribution in [-0.4, -0.2) is 36.1 Å². The van der Waals surface area contributed by atoms with E-state index >= 15 is 0 Å². The molecule has 0 amide bonds. The van der Waals surface area contributed by atoms with E-state index in [2.05, 4.69) is 50.5 Å². The first-order valence-corrected chi connectivity index (χ1v) is 7.25. The smallest absolute Gasteiger partial charge is 0.0795 e. The van der Waals surface area contributed by atoms with Crippen molar-refractivity contribution in [2.24, 2.45) is 0 Å². The van der Waals surface area contributed by atoms with Crippen LogP contribution in [0.15, 0.2) is 41.2 Å². The van der Waals surface area contributed by atoms with E-state index in [4.69, 9.17) is 0 Å². The summed E-state index contributed by atoms with van der Waals surface area (Å²) in [5, 5.41) is 2.14. The first-order chi connectivity index (χ1) is 8.92. The predicted molar refractivity (Wildman–Crippen MR) is 76.0 cm³/mol. The normalized spacial score (nSPS) is 17.0. The molecule has 0 unspecified atom stereocenters. The zero-order chi connectivity index (χ0) is 12.2. The molecule has 1 aliphatic rings. The molecule has 2 aromatic rings. The van der Waals surface area contributed by atoms with Gasteiger partial charge in [-0.15, -0.1) is 11.3 Å². The van der Waals surface area contributed by atoms with Gasteiger partial charge in [-0.3, -0.25) is 4.90 Å². The van der Waals surface area contributed by atoms with Crippen LogP contribution in [0, 0.1) is 0 Å². The van der Waals surface area contributed by atoms with Crippen molar-refractivity contribution < 1.29 is 0 Å². The van der Waals surface area contributed by atoms with E-state index in [0.29, 0.717) is 0 Å². The van der Waals surface area contributed by atoms with Crippen molar-refractivity contribution in [3.05, 3.63) is 46.9 Å². The van der Waals surface area contributed by atoms with E-state index in [1.54, 1.807) is 11.3 Å². The number of aromatic nitrogens is 1. The molecule has 2 heterocycles. The minimum Gasteiger partial charge on any atom is -0.369 e. The fraction of sp³-hybridized carbons (Fsp3) is 0.357. The summed E-state index contributed by atoms with van der Waals surface area (Å²) in [4.78, 5) is 9.29. The predicted octanol–water partition coefficient (Wildman–Crippen LogP) is 2.47. The van der Waals surface area contributed by atoms with Crippen molar-refractivity contribution in [1.29, 1.82) is 0 Å². The van der Waals surface area contributed by atoms with Gasteiger partial charge in [0.25, 0.3) is 0 Å². The highest BCUT2D eigenvalue weighted by molar-refractivity contribution is 7.07. The molecule has 1 aromatic carbocycles. The molecule has 3 nitrogen and oxygen atoms in total. The second kappa shape index (κ2) is 5.50. The van der Waals surface area contributed by atoms with Crippen molar-refractivity contribution >= 4 is 17.0 Å². The van der Waals surface area contributed by atoms with Gasteiger partial charge in [0.05, 0.1) is 11.2 Å². The molecule has 1 aromatic heterocycles. The lowest BCUT2D eigenvalue weighted by Crippen LogP contribution is -2.45. The number of benzene rings is 1. The molecular weight excluding hydrogens is 242 g/mol. The molecule has 0 bridgehead atoms. The molecule has 0 spiro atoms. The second-order valence-electron chi connectivity index (χ2n) is 4.58. The summed E-state index contributed by atoms with van der Waals surface area (Å²) in [5.41, 5.74) is 4.45. The van der Waals surface area contributed by atoms with Gasteiger partial charge < -0.3 is 4.90 Å². The van der Waals surface area contributed by atoms with Crippen molar-refractivity contribution in [2.75, 3.05) is 31.1 Å². The van der Waals surface area contributed by atoms with Crippen LogP contribution >= 0.6 is 11.3 Å². The van der Waals surface area contributed by atoms with Crippen LogP contribution in [0.5, 0.6) is 0 Å². The standard InChI is InChI=1S/C14H17N3S/c1-2-4-14(5-3-1)17-8-6-16(7-9-17)10-13-11-18-12-15-13/h1-5,11-12H,6-10H2. The van der Waals surface area contributed by atoms with Crippen LogP contribution in [0.4, 0.5) is 5.69 Å². The topological polar surface area (TPSA) is 19.4 Å². The van der Waals surface area contributed by atoms with Crippen LogP contribution < -0.4 is 4.90 Å². The second-order valence-corrected chi connectivity index (χ2v) is 5.30. The molecule has 1 aliphatic heterocycles.